The standard InChI is InChI=1S/C11H21NO3/c12-10(8-13)9-1-4-15-11(7-9)2-5-14-6-3-11/h9-10,13H,1-8,12H2. The first kappa shape index (κ1) is 11.3. The fourth-order valence-corrected chi connectivity index (χ4v) is 2.67. The van der Waals surface area contributed by atoms with Crippen LogP contribution in [0.25, 0.3) is 0 Å². The highest BCUT2D eigenvalue weighted by Crippen LogP contribution is 2.37. The Kier molecular flexibility index (Phi) is 3.61. The molecule has 4 heteroatoms. The minimum Gasteiger partial charge on any atom is -0.395 e. The van der Waals surface area contributed by atoms with Crippen molar-refractivity contribution in [1.29, 1.82) is 0 Å². The third-order valence-electron chi connectivity index (χ3n) is 3.75. The first-order chi connectivity index (χ1) is 7.26. The number of aliphatic hydroxyl groups excluding tert-OH is 1. The van der Waals surface area contributed by atoms with Crippen LogP contribution in [-0.4, -0.2) is 43.2 Å². The van der Waals surface area contributed by atoms with Gasteiger partial charge in [0.05, 0.1) is 12.2 Å². The summed E-state index contributed by atoms with van der Waals surface area (Å²) in [7, 11) is 0. The van der Waals surface area contributed by atoms with Crippen LogP contribution in [0.15, 0.2) is 0 Å². The molecule has 0 saturated carbocycles. The molecule has 2 rings (SSSR count). The zero-order valence-corrected chi connectivity index (χ0v) is 9.15. The third kappa shape index (κ3) is 2.50. The maximum atomic E-state index is 9.08. The van der Waals surface area contributed by atoms with Crippen molar-refractivity contribution in [2.45, 2.75) is 37.3 Å². The normalized spacial score (nSPS) is 32.8. The van der Waals surface area contributed by atoms with Gasteiger partial charge in [0.2, 0.25) is 0 Å². The third-order valence-corrected chi connectivity index (χ3v) is 3.75. The molecule has 15 heavy (non-hydrogen) atoms. The quantitative estimate of drug-likeness (QED) is 0.694. The van der Waals surface area contributed by atoms with Gasteiger partial charge >= 0.3 is 0 Å². The molecule has 0 radical (unpaired) electrons. The molecule has 0 aromatic rings. The lowest BCUT2D eigenvalue weighted by atomic mass is 9.78. The Morgan fingerprint density at radius 1 is 1.33 bits per heavy atom. The number of rotatable bonds is 2. The van der Waals surface area contributed by atoms with Crippen LogP contribution in [0, 0.1) is 5.92 Å². The van der Waals surface area contributed by atoms with Gasteiger partial charge in [0.1, 0.15) is 0 Å². The number of ether oxygens (including phenoxy) is 2. The monoisotopic (exact) mass is 215 g/mol. The van der Waals surface area contributed by atoms with E-state index in [9.17, 15) is 0 Å². The number of hydrogen-bond acceptors (Lipinski definition) is 4. The van der Waals surface area contributed by atoms with Crippen LogP contribution in [0.1, 0.15) is 25.7 Å². The Bertz CT molecular complexity index is 198. The highest BCUT2D eigenvalue weighted by Gasteiger charge is 2.40. The molecule has 4 nitrogen and oxygen atoms in total. The van der Waals surface area contributed by atoms with Gasteiger partial charge in [0.15, 0.2) is 0 Å². The van der Waals surface area contributed by atoms with Crippen molar-refractivity contribution in [3.8, 4) is 0 Å². The molecule has 2 heterocycles. The summed E-state index contributed by atoms with van der Waals surface area (Å²) in [5, 5.41) is 9.08. The van der Waals surface area contributed by atoms with Crippen molar-refractivity contribution in [3.05, 3.63) is 0 Å². The molecular formula is C11H21NO3. The average molecular weight is 215 g/mol. The molecular weight excluding hydrogens is 194 g/mol. The fourth-order valence-electron chi connectivity index (χ4n) is 2.67. The zero-order chi connectivity index (χ0) is 10.7. The van der Waals surface area contributed by atoms with Crippen molar-refractivity contribution >= 4 is 0 Å². The summed E-state index contributed by atoms with van der Waals surface area (Å²) in [4.78, 5) is 0. The van der Waals surface area contributed by atoms with E-state index in [1.54, 1.807) is 0 Å². The maximum Gasteiger partial charge on any atom is 0.0729 e. The zero-order valence-electron chi connectivity index (χ0n) is 9.15. The smallest absolute Gasteiger partial charge is 0.0729 e. The lowest BCUT2D eigenvalue weighted by molar-refractivity contribution is -0.150. The largest absolute Gasteiger partial charge is 0.395 e. The topological polar surface area (TPSA) is 64.7 Å². The van der Waals surface area contributed by atoms with Gasteiger partial charge in [0.25, 0.3) is 0 Å². The van der Waals surface area contributed by atoms with E-state index in [4.69, 9.17) is 20.3 Å². The van der Waals surface area contributed by atoms with Crippen molar-refractivity contribution in [3.63, 3.8) is 0 Å². The molecule has 0 aromatic carbocycles. The van der Waals surface area contributed by atoms with E-state index in [-0.39, 0.29) is 18.2 Å². The van der Waals surface area contributed by atoms with Crippen LogP contribution in [0.4, 0.5) is 0 Å². The molecule has 1 spiro atoms. The second-order valence-electron chi connectivity index (χ2n) is 4.74. The van der Waals surface area contributed by atoms with Crippen LogP contribution >= 0.6 is 0 Å². The molecule has 0 bridgehead atoms. The summed E-state index contributed by atoms with van der Waals surface area (Å²) in [6.07, 6.45) is 3.91. The van der Waals surface area contributed by atoms with Gasteiger partial charge in [-0.3, -0.25) is 0 Å². The minimum atomic E-state index is -0.0892. The Hall–Kier alpha value is -0.160. The van der Waals surface area contributed by atoms with Gasteiger partial charge in [-0.15, -0.1) is 0 Å². The van der Waals surface area contributed by atoms with Gasteiger partial charge in [-0.25, -0.2) is 0 Å². The first-order valence-electron chi connectivity index (χ1n) is 5.84. The fraction of sp³-hybridized carbons (Fsp3) is 1.00. The van der Waals surface area contributed by atoms with E-state index in [1.807, 2.05) is 0 Å². The van der Waals surface area contributed by atoms with Crippen molar-refractivity contribution < 1.29 is 14.6 Å². The number of nitrogens with two attached hydrogens (primary N) is 1. The Morgan fingerprint density at radius 2 is 2.07 bits per heavy atom. The predicted molar refractivity (Wildman–Crippen MR) is 56.5 cm³/mol. The van der Waals surface area contributed by atoms with Crippen molar-refractivity contribution in [2.75, 3.05) is 26.4 Å². The second-order valence-corrected chi connectivity index (χ2v) is 4.74. The molecule has 0 amide bonds. The number of hydrogen-bond donors (Lipinski definition) is 2. The van der Waals surface area contributed by atoms with Gasteiger partial charge in [-0.2, -0.15) is 0 Å². The molecule has 3 N–H and O–H groups in total. The molecule has 2 unspecified atom stereocenters. The average Bonchev–Trinajstić information content (AvgIpc) is 2.29. The summed E-state index contributed by atoms with van der Waals surface area (Å²) in [6.45, 7) is 2.44. The van der Waals surface area contributed by atoms with Crippen molar-refractivity contribution in [1.82, 2.24) is 0 Å². The maximum absolute atomic E-state index is 9.08. The van der Waals surface area contributed by atoms with E-state index >= 15 is 0 Å². The van der Waals surface area contributed by atoms with Crippen LogP contribution in [0.3, 0.4) is 0 Å². The lowest BCUT2D eigenvalue weighted by Gasteiger charge is -2.44. The molecule has 2 aliphatic rings. The lowest BCUT2D eigenvalue weighted by Crippen LogP contribution is -2.49. The van der Waals surface area contributed by atoms with E-state index < -0.39 is 0 Å². The Balaban J connectivity index is 1.96. The summed E-state index contributed by atoms with van der Waals surface area (Å²) in [5.74, 6) is 0.404. The summed E-state index contributed by atoms with van der Waals surface area (Å²) >= 11 is 0. The second kappa shape index (κ2) is 4.78. The van der Waals surface area contributed by atoms with Crippen molar-refractivity contribution in [2.24, 2.45) is 11.7 Å². The summed E-state index contributed by atoms with van der Waals surface area (Å²) < 4.78 is 11.3. The predicted octanol–water partition coefficient (Wildman–Crippen LogP) is 0.282. The molecule has 2 saturated heterocycles. The van der Waals surface area contributed by atoms with Gasteiger partial charge in [-0.1, -0.05) is 0 Å². The molecule has 0 aromatic heterocycles. The van der Waals surface area contributed by atoms with Crippen LogP contribution < -0.4 is 5.73 Å². The Labute approximate surface area is 90.7 Å². The number of aliphatic hydroxyl groups is 1. The highest BCUT2D eigenvalue weighted by atomic mass is 16.5. The SMILES string of the molecule is NC(CO)C1CCOC2(CCOCC2)C1. The van der Waals surface area contributed by atoms with E-state index in [1.165, 1.54) is 0 Å². The van der Waals surface area contributed by atoms with Crippen LogP contribution in [-0.2, 0) is 9.47 Å². The van der Waals surface area contributed by atoms with Gasteiger partial charge in [0, 0.05) is 25.9 Å². The van der Waals surface area contributed by atoms with Gasteiger partial charge < -0.3 is 20.3 Å². The van der Waals surface area contributed by atoms with Crippen LogP contribution in [0.5, 0.6) is 0 Å². The van der Waals surface area contributed by atoms with E-state index in [0.29, 0.717) is 5.92 Å². The molecule has 0 aliphatic carbocycles. The molecule has 2 atom stereocenters. The first-order valence-corrected chi connectivity index (χ1v) is 5.84. The van der Waals surface area contributed by atoms with Crippen LogP contribution in [0.2, 0.25) is 0 Å². The minimum absolute atomic E-state index is 0.00600. The summed E-state index contributed by atoms with van der Waals surface area (Å²) in [6, 6.07) is -0.0892. The van der Waals surface area contributed by atoms with E-state index in [2.05, 4.69) is 0 Å². The summed E-state index contributed by atoms with van der Waals surface area (Å²) in [5.41, 5.74) is 5.89. The molecule has 88 valence electrons. The Morgan fingerprint density at radius 3 is 2.73 bits per heavy atom. The van der Waals surface area contributed by atoms with Gasteiger partial charge in [-0.05, 0) is 31.6 Å². The highest BCUT2D eigenvalue weighted by molar-refractivity contribution is 4.91. The molecule has 2 aliphatic heterocycles. The van der Waals surface area contributed by atoms with E-state index in [0.717, 1.165) is 45.5 Å². The molecule has 2 fully saturated rings.